The maximum atomic E-state index is 13.5. The fraction of sp³-hybridized carbons (Fsp3) is 0.310. The largest absolute Gasteiger partial charge is 0.497 e. The summed E-state index contributed by atoms with van der Waals surface area (Å²) in [5.41, 5.74) is 1.22. The van der Waals surface area contributed by atoms with Crippen molar-refractivity contribution in [1.29, 1.82) is 0 Å². The number of hydrogen-bond donors (Lipinski definition) is 2. The molecular formula is C29H29F3N2O6S. The first-order valence-electron chi connectivity index (χ1n) is 12.8. The van der Waals surface area contributed by atoms with Gasteiger partial charge in [-0.25, -0.2) is 13.2 Å². The molecule has 1 heterocycles. The highest BCUT2D eigenvalue weighted by Crippen LogP contribution is 2.36. The van der Waals surface area contributed by atoms with Gasteiger partial charge in [-0.2, -0.15) is 17.5 Å². The van der Waals surface area contributed by atoms with Crippen molar-refractivity contribution in [2.75, 3.05) is 20.2 Å². The molecule has 1 fully saturated rings. The number of benzene rings is 3. The van der Waals surface area contributed by atoms with Gasteiger partial charge in [0.1, 0.15) is 11.8 Å². The summed E-state index contributed by atoms with van der Waals surface area (Å²) in [4.78, 5) is 24.1. The van der Waals surface area contributed by atoms with Gasteiger partial charge in [-0.05, 0) is 53.8 Å². The van der Waals surface area contributed by atoms with E-state index >= 15 is 0 Å². The first-order valence-corrected chi connectivity index (χ1v) is 14.3. The van der Waals surface area contributed by atoms with E-state index in [1.54, 1.807) is 19.2 Å². The number of carboxylic acids is 1. The van der Waals surface area contributed by atoms with Crippen LogP contribution in [0, 0.1) is 5.92 Å². The molecule has 8 nitrogen and oxygen atoms in total. The minimum atomic E-state index is -4.88. The highest BCUT2D eigenvalue weighted by molar-refractivity contribution is 7.89. The van der Waals surface area contributed by atoms with Crippen LogP contribution in [0.2, 0.25) is 0 Å². The minimum Gasteiger partial charge on any atom is -0.497 e. The predicted octanol–water partition coefficient (Wildman–Crippen LogP) is 4.59. The minimum absolute atomic E-state index is 0.0162. The zero-order valence-electron chi connectivity index (χ0n) is 22.1. The van der Waals surface area contributed by atoms with Crippen LogP contribution in [0.25, 0.3) is 11.1 Å². The summed E-state index contributed by atoms with van der Waals surface area (Å²) in [6.07, 6.45) is -4.40. The molecule has 3 aromatic carbocycles. The Kier molecular flexibility index (Phi) is 9.03. The number of nitrogens with zero attached hydrogens (tertiary/aromatic N) is 1. The first-order chi connectivity index (χ1) is 19.4. The van der Waals surface area contributed by atoms with E-state index in [1.807, 2.05) is 36.4 Å². The van der Waals surface area contributed by atoms with Crippen LogP contribution in [0.1, 0.15) is 24.0 Å². The van der Waals surface area contributed by atoms with Crippen LogP contribution < -0.4 is 10.1 Å². The van der Waals surface area contributed by atoms with Crippen LogP contribution in [0.4, 0.5) is 13.2 Å². The molecule has 2 atom stereocenters. The fourth-order valence-electron chi connectivity index (χ4n) is 4.78. The van der Waals surface area contributed by atoms with Gasteiger partial charge in [-0.15, -0.1) is 0 Å². The monoisotopic (exact) mass is 590 g/mol. The quantitative estimate of drug-likeness (QED) is 0.377. The fourth-order valence-corrected chi connectivity index (χ4v) is 6.52. The van der Waals surface area contributed by atoms with Gasteiger partial charge in [0.2, 0.25) is 15.9 Å². The molecule has 218 valence electrons. The van der Waals surface area contributed by atoms with E-state index in [2.05, 4.69) is 5.32 Å². The standard InChI is InChI=1S/C29H29F3N2O6S/c1-40-23-14-12-21(13-15-23)20-10-8-19(9-11-20)17-25(28(36)37)33-27(35)22-5-4-16-34(18-22)41(38,39)26-7-3-2-6-24(26)29(30,31)32/h2-3,6-15,22,25H,4-5,16-18H2,1H3,(H,33,35)(H,36,37)/t22?,25-/m0/s1. The smallest absolute Gasteiger partial charge is 0.417 e. The molecule has 1 aliphatic heterocycles. The van der Waals surface area contributed by atoms with Crippen LogP contribution in [0.5, 0.6) is 5.75 Å². The zero-order chi connectivity index (χ0) is 29.8. The van der Waals surface area contributed by atoms with Crippen molar-refractivity contribution in [3.8, 4) is 16.9 Å². The average molecular weight is 591 g/mol. The molecule has 0 aliphatic carbocycles. The van der Waals surface area contributed by atoms with E-state index in [0.29, 0.717) is 11.6 Å². The second kappa shape index (κ2) is 12.3. The molecule has 2 N–H and O–H groups in total. The highest BCUT2D eigenvalue weighted by atomic mass is 32.2. The molecule has 41 heavy (non-hydrogen) atoms. The van der Waals surface area contributed by atoms with Gasteiger partial charge < -0.3 is 15.2 Å². The Morgan fingerprint density at radius 1 is 1.02 bits per heavy atom. The molecule has 3 aromatic rings. The number of sulfonamides is 1. The predicted molar refractivity (Wildman–Crippen MR) is 145 cm³/mol. The molecular weight excluding hydrogens is 561 g/mol. The SMILES string of the molecule is COc1ccc(-c2ccc(C[C@H](NC(=O)C3CCCN(S(=O)(=O)c4ccccc4C(F)(F)F)C3)C(=O)O)cc2)cc1. The Balaban J connectivity index is 1.44. The second-order valence-corrected chi connectivity index (χ2v) is 11.6. The van der Waals surface area contributed by atoms with Crippen LogP contribution in [0.3, 0.4) is 0 Å². The number of hydrogen-bond acceptors (Lipinski definition) is 5. The Hall–Kier alpha value is -3.90. The molecule has 12 heteroatoms. The molecule has 0 spiro atoms. The van der Waals surface area contributed by atoms with Gasteiger partial charge in [0.25, 0.3) is 0 Å². The number of alkyl halides is 3. The van der Waals surface area contributed by atoms with Gasteiger partial charge >= 0.3 is 12.1 Å². The number of carbonyl (C=O) groups excluding carboxylic acids is 1. The van der Waals surface area contributed by atoms with E-state index < -0.39 is 50.5 Å². The van der Waals surface area contributed by atoms with Crippen LogP contribution >= 0.6 is 0 Å². The number of amides is 1. The lowest BCUT2D eigenvalue weighted by molar-refractivity contribution is -0.142. The van der Waals surface area contributed by atoms with Crippen molar-refractivity contribution in [2.45, 2.75) is 36.4 Å². The molecule has 1 unspecified atom stereocenters. The molecule has 4 rings (SSSR count). The van der Waals surface area contributed by atoms with Crippen LogP contribution in [-0.2, 0) is 32.2 Å². The molecule has 1 saturated heterocycles. The third-order valence-corrected chi connectivity index (χ3v) is 8.92. The van der Waals surface area contributed by atoms with E-state index in [4.69, 9.17) is 4.74 Å². The topological polar surface area (TPSA) is 113 Å². The molecule has 0 bridgehead atoms. The first kappa shape index (κ1) is 30.1. The number of carbonyl (C=O) groups is 2. The van der Waals surface area contributed by atoms with E-state index in [-0.39, 0.29) is 32.4 Å². The summed E-state index contributed by atoms with van der Waals surface area (Å²) in [5, 5.41) is 12.2. The number of halogens is 3. The maximum absolute atomic E-state index is 13.5. The van der Waals surface area contributed by atoms with Crippen molar-refractivity contribution >= 4 is 21.9 Å². The van der Waals surface area contributed by atoms with Gasteiger partial charge in [-0.3, -0.25) is 4.79 Å². The number of methoxy groups -OCH3 is 1. The Bertz CT molecular complexity index is 1490. The molecule has 0 radical (unpaired) electrons. The summed E-state index contributed by atoms with van der Waals surface area (Å²) < 4.78 is 72.8. The van der Waals surface area contributed by atoms with Crippen molar-refractivity contribution in [1.82, 2.24) is 9.62 Å². The van der Waals surface area contributed by atoms with Crippen molar-refractivity contribution in [2.24, 2.45) is 5.92 Å². The molecule has 0 saturated carbocycles. The number of piperidine rings is 1. The normalized spacial score (nSPS) is 17.0. The van der Waals surface area contributed by atoms with Crippen molar-refractivity contribution in [3.63, 3.8) is 0 Å². The summed E-state index contributed by atoms with van der Waals surface area (Å²) >= 11 is 0. The lowest BCUT2D eigenvalue weighted by Gasteiger charge is -2.32. The van der Waals surface area contributed by atoms with Crippen LogP contribution in [0.15, 0.2) is 77.7 Å². The number of rotatable bonds is 9. The van der Waals surface area contributed by atoms with Gasteiger partial charge in [-0.1, -0.05) is 48.5 Å². The van der Waals surface area contributed by atoms with Gasteiger partial charge in [0.05, 0.1) is 23.5 Å². The van der Waals surface area contributed by atoms with E-state index in [9.17, 15) is 36.3 Å². The number of carboxylic acid groups (broad SMARTS) is 1. The van der Waals surface area contributed by atoms with Crippen molar-refractivity contribution < 1.29 is 41.0 Å². The van der Waals surface area contributed by atoms with Crippen LogP contribution in [-0.4, -0.2) is 55.9 Å². The zero-order valence-corrected chi connectivity index (χ0v) is 22.9. The van der Waals surface area contributed by atoms with Gasteiger partial charge in [0.15, 0.2) is 0 Å². The summed E-state index contributed by atoms with van der Waals surface area (Å²) in [7, 11) is -2.98. The summed E-state index contributed by atoms with van der Waals surface area (Å²) in [5.74, 6) is -2.14. The lowest BCUT2D eigenvalue weighted by atomic mass is 9.97. The number of aliphatic carboxylic acids is 1. The Morgan fingerprint density at radius 2 is 1.63 bits per heavy atom. The van der Waals surface area contributed by atoms with E-state index in [1.165, 1.54) is 6.07 Å². The third kappa shape index (κ3) is 7.06. The Labute approximate surface area is 235 Å². The second-order valence-electron chi connectivity index (χ2n) is 9.73. The highest BCUT2D eigenvalue weighted by Gasteiger charge is 2.41. The molecule has 0 aromatic heterocycles. The molecule has 1 amide bonds. The lowest BCUT2D eigenvalue weighted by Crippen LogP contribution is -2.50. The average Bonchev–Trinajstić information content (AvgIpc) is 2.96. The Morgan fingerprint density at radius 3 is 2.22 bits per heavy atom. The summed E-state index contributed by atoms with van der Waals surface area (Å²) in [6.45, 7) is -0.412. The van der Waals surface area contributed by atoms with Gasteiger partial charge in [0, 0.05) is 19.5 Å². The molecule has 1 aliphatic rings. The van der Waals surface area contributed by atoms with E-state index in [0.717, 1.165) is 33.3 Å². The number of ether oxygens (including phenoxy) is 1. The third-order valence-electron chi connectivity index (χ3n) is 7.00. The maximum Gasteiger partial charge on any atom is 0.417 e. The summed E-state index contributed by atoms with van der Waals surface area (Å²) in [6, 6.07) is 17.2. The van der Waals surface area contributed by atoms with Crippen molar-refractivity contribution in [3.05, 3.63) is 83.9 Å². The number of nitrogens with one attached hydrogen (secondary N) is 1.